The summed E-state index contributed by atoms with van der Waals surface area (Å²) in [4.78, 5) is 26.1. The molecule has 2 aromatic heterocycles. The van der Waals surface area contributed by atoms with Gasteiger partial charge in [-0.1, -0.05) is 17.7 Å². The molecule has 0 atom stereocenters. The van der Waals surface area contributed by atoms with Crippen molar-refractivity contribution in [2.45, 2.75) is 20.8 Å². The average Bonchev–Trinajstić information content (AvgIpc) is 3.03. The monoisotopic (exact) mass is 414 g/mol. The third-order valence-corrected chi connectivity index (χ3v) is 5.29. The number of hydrogen-bond donors (Lipinski definition) is 0. The first-order chi connectivity index (χ1) is 14.0. The Hall–Kier alpha value is -2.80. The van der Waals surface area contributed by atoms with Crippen LogP contribution in [0.5, 0.6) is 0 Å². The number of nitrogens with zero attached hydrogens (tertiary/aromatic N) is 4. The van der Waals surface area contributed by atoms with Crippen molar-refractivity contribution in [1.82, 2.24) is 9.97 Å². The van der Waals surface area contributed by atoms with Gasteiger partial charge in [0.1, 0.15) is 23.0 Å². The lowest BCUT2D eigenvalue weighted by atomic mass is 10.1. The van der Waals surface area contributed by atoms with E-state index >= 15 is 0 Å². The van der Waals surface area contributed by atoms with Crippen LogP contribution in [0.25, 0.3) is 11.1 Å². The van der Waals surface area contributed by atoms with Crippen molar-refractivity contribution in [2.24, 2.45) is 0 Å². The van der Waals surface area contributed by atoms with Gasteiger partial charge in [-0.05, 0) is 39.0 Å². The van der Waals surface area contributed by atoms with E-state index in [-0.39, 0.29) is 0 Å². The number of esters is 1. The molecule has 0 amide bonds. The molecule has 0 radical (unpaired) electrons. The number of ether oxygens (including phenoxy) is 1. The number of carbonyl (C=O) groups is 1. The third-order valence-electron chi connectivity index (χ3n) is 5.05. The van der Waals surface area contributed by atoms with Crippen LogP contribution in [0.15, 0.2) is 28.7 Å². The van der Waals surface area contributed by atoms with E-state index in [4.69, 9.17) is 20.8 Å². The summed E-state index contributed by atoms with van der Waals surface area (Å²) < 4.78 is 11.0. The Morgan fingerprint density at radius 1 is 1.17 bits per heavy atom. The van der Waals surface area contributed by atoms with E-state index in [0.717, 1.165) is 42.7 Å². The van der Waals surface area contributed by atoms with Crippen LogP contribution in [-0.4, -0.2) is 48.7 Å². The molecule has 0 saturated carbocycles. The fourth-order valence-electron chi connectivity index (χ4n) is 3.72. The van der Waals surface area contributed by atoms with Gasteiger partial charge < -0.3 is 19.0 Å². The van der Waals surface area contributed by atoms with Gasteiger partial charge in [0.05, 0.1) is 12.0 Å². The molecule has 0 unspecified atom stereocenters. The zero-order chi connectivity index (χ0) is 20.5. The van der Waals surface area contributed by atoms with Crippen LogP contribution in [-0.2, 0) is 4.74 Å². The lowest BCUT2D eigenvalue weighted by Crippen LogP contribution is -2.47. The van der Waals surface area contributed by atoms with Gasteiger partial charge in [-0.3, -0.25) is 0 Å². The van der Waals surface area contributed by atoms with Crippen LogP contribution >= 0.6 is 11.6 Å². The van der Waals surface area contributed by atoms with Crippen molar-refractivity contribution in [3.8, 4) is 0 Å². The number of carbonyl (C=O) groups excluding carboxylic acids is 1. The highest BCUT2D eigenvalue weighted by atomic mass is 35.5. The van der Waals surface area contributed by atoms with Gasteiger partial charge in [0, 0.05) is 36.9 Å². The molecular formula is C21H23ClN4O3. The Morgan fingerprint density at radius 3 is 2.59 bits per heavy atom. The van der Waals surface area contributed by atoms with E-state index in [1.807, 2.05) is 25.1 Å². The Bertz CT molecular complexity index is 1060. The maximum atomic E-state index is 12.6. The van der Waals surface area contributed by atoms with Crippen LogP contribution in [0.4, 0.5) is 11.5 Å². The third kappa shape index (κ3) is 3.74. The molecule has 0 bridgehead atoms. The second kappa shape index (κ2) is 7.91. The molecule has 8 heteroatoms. The van der Waals surface area contributed by atoms with Crippen molar-refractivity contribution >= 4 is 40.2 Å². The number of furan rings is 1. The highest BCUT2D eigenvalue weighted by molar-refractivity contribution is 6.30. The van der Waals surface area contributed by atoms with Crippen molar-refractivity contribution < 1.29 is 13.9 Å². The summed E-state index contributed by atoms with van der Waals surface area (Å²) in [5.74, 6) is 1.42. The van der Waals surface area contributed by atoms with E-state index in [2.05, 4.69) is 25.8 Å². The standard InChI is InChI=1S/C21H23ClN4O3/c1-4-28-21(27)17-13(2)29-20-18(17)19(23-14(3)24-20)26-10-8-25(9-11-26)16-7-5-6-15(22)12-16/h5-7,12H,4,8-11H2,1-3H3. The number of halogens is 1. The molecule has 1 aromatic carbocycles. The SMILES string of the molecule is CCOC(=O)c1c(C)oc2nc(C)nc(N3CCN(c4cccc(Cl)c4)CC3)c12. The van der Waals surface area contributed by atoms with E-state index in [9.17, 15) is 4.79 Å². The van der Waals surface area contributed by atoms with Gasteiger partial charge >= 0.3 is 5.97 Å². The summed E-state index contributed by atoms with van der Waals surface area (Å²) in [5, 5.41) is 1.36. The molecule has 0 N–H and O–H groups in total. The second-order valence-corrected chi connectivity index (χ2v) is 7.42. The topological polar surface area (TPSA) is 71.7 Å². The summed E-state index contributed by atoms with van der Waals surface area (Å²) in [6.45, 7) is 8.80. The lowest BCUT2D eigenvalue weighted by molar-refractivity contribution is 0.0526. The number of aryl methyl sites for hydroxylation is 2. The molecule has 3 aromatic rings. The van der Waals surface area contributed by atoms with Crippen molar-refractivity contribution in [3.05, 3.63) is 46.4 Å². The number of rotatable bonds is 4. The second-order valence-electron chi connectivity index (χ2n) is 6.98. The molecule has 1 saturated heterocycles. The molecule has 4 rings (SSSR count). The van der Waals surface area contributed by atoms with Gasteiger partial charge in [0.25, 0.3) is 0 Å². The van der Waals surface area contributed by atoms with E-state index in [1.54, 1.807) is 13.8 Å². The van der Waals surface area contributed by atoms with Gasteiger partial charge in [0.15, 0.2) is 0 Å². The van der Waals surface area contributed by atoms with Gasteiger partial charge in [-0.2, -0.15) is 4.98 Å². The first-order valence-electron chi connectivity index (χ1n) is 9.68. The lowest BCUT2D eigenvalue weighted by Gasteiger charge is -2.37. The van der Waals surface area contributed by atoms with Crippen LogP contribution in [0, 0.1) is 13.8 Å². The number of piperazine rings is 1. The fourth-order valence-corrected chi connectivity index (χ4v) is 3.91. The number of anilines is 2. The van der Waals surface area contributed by atoms with Crippen molar-refractivity contribution in [1.29, 1.82) is 0 Å². The maximum absolute atomic E-state index is 12.6. The van der Waals surface area contributed by atoms with Crippen LogP contribution in [0.3, 0.4) is 0 Å². The van der Waals surface area contributed by atoms with E-state index < -0.39 is 5.97 Å². The van der Waals surface area contributed by atoms with E-state index in [1.165, 1.54) is 0 Å². The van der Waals surface area contributed by atoms with Crippen LogP contribution in [0.1, 0.15) is 28.9 Å². The first-order valence-corrected chi connectivity index (χ1v) is 10.1. The Labute approximate surface area is 174 Å². The summed E-state index contributed by atoms with van der Waals surface area (Å²) in [7, 11) is 0. The van der Waals surface area contributed by atoms with E-state index in [0.29, 0.717) is 34.9 Å². The van der Waals surface area contributed by atoms with Crippen LogP contribution in [0.2, 0.25) is 5.02 Å². The zero-order valence-corrected chi connectivity index (χ0v) is 17.5. The highest BCUT2D eigenvalue weighted by Gasteiger charge is 2.28. The normalized spacial score (nSPS) is 14.5. The Morgan fingerprint density at radius 2 is 1.90 bits per heavy atom. The molecule has 1 aliphatic heterocycles. The molecule has 152 valence electrons. The molecule has 1 fully saturated rings. The minimum Gasteiger partial charge on any atom is -0.462 e. The average molecular weight is 415 g/mol. The molecule has 29 heavy (non-hydrogen) atoms. The summed E-state index contributed by atoms with van der Waals surface area (Å²) in [5.41, 5.74) is 1.94. The largest absolute Gasteiger partial charge is 0.462 e. The predicted molar refractivity (Wildman–Crippen MR) is 113 cm³/mol. The Kier molecular flexibility index (Phi) is 5.32. The number of fused-ring (bicyclic) bond motifs is 1. The van der Waals surface area contributed by atoms with Gasteiger partial charge in [0.2, 0.25) is 5.71 Å². The summed E-state index contributed by atoms with van der Waals surface area (Å²) >= 11 is 6.14. The number of benzene rings is 1. The molecule has 7 nitrogen and oxygen atoms in total. The predicted octanol–water partition coefficient (Wildman–Crippen LogP) is 4.00. The number of hydrogen-bond acceptors (Lipinski definition) is 7. The van der Waals surface area contributed by atoms with Crippen molar-refractivity contribution in [2.75, 3.05) is 42.6 Å². The molecule has 3 heterocycles. The first kappa shape index (κ1) is 19.5. The smallest absolute Gasteiger partial charge is 0.342 e. The Balaban J connectivity index is 1.66. The zero-order valence-electron chi connectivity index (χ0n) is 16.7. The molecule has 0 spiro atoms. The van der Waals surface area contributed by atoms with Crippen LogP contribution < -0.4 is 9.80 Å². The molecule has 1 aliphatic rings. The molecular weight excluding hydrogens is 392 g/mol. The minimum atomic E-state index is -0.407. The summed E-state index contributed by atoms with van der Waals surface area (Å²) in [6.07, 6.45) is 0. The quantitative estimate of drug-likeness (QED) is 0.597. The molecule has 0 aliphatic carbocycles. The maximum Gasteiger partial charge on any atom is 0.342 e. The highest BCUT2D eigenvalue weighted by Crippen LogP contribution is 2.33. The van der Waals surface area contributed by atoms with Gasteiger partial charge in [-0.25, -0.2) is 9.78 Å². The van der Waals surface area contributed by atoms with Crippen molar-refractivity contribution in [3.63, 3.8) is 0 Å². The number of aromatic nitrogens is 2. The summed E-state index contributed by atoms with van der Waals surface area (Å²) in [6, 6.07) is 7.87. The minimum absolute atomic E-state index is 0.297. The van der Waals surface area contributed by atoms with Gasteiger partial charge in [-0.15, -0.1) is 0 Å². The fraction of sp³-hybridized carbons (Fsp3) is 0.381.